The van der Waals surface area contributed by atoms with Crippen LogP contribution in [0.5, 0.6) is 0 Å². The molecular formula is C16H23N3O2. The fourth-order valence-corrected chi connectivity index (χ4v) is 1.97. The predicted octanol–water partition coefficient (Wildman–Crippen LogP) is 1.32. The predicted molar refractivity (Wildman–Crippen MR) is 81.7 cm³/mol. The van der Waals surface area contributed by atoms with Crippen LogP contribution < -0.4 is 16.4 Å². The highest BCUT2D eigenvalue weighted by atomic mass is 16.2. The number of amides is 2. The highest BCUT2D eigenvalue weighted by Gasteiger charge is 2.45. The molecule has 114 valence electrons. The van der Waals surface area contributed by atoms with Gasteiger partial charge in [0.1, 0.15) is 0 Å². The van der Waals surface area contributed by atoms with Crippen LogP contribution in [0.25, 0.3) is 0 Å². The van der Waals surface area contributed by atoms with E-state index in [0.717, 1.165) is 31.2 Å². The minimum Gasteiger partial charge on any atom is -0.352 e. The molecule has 1 aromatic rings. The smallest absolute Gasteiger partial charge is 0.251 e. The molecule has 1 aliphatic rings. The second kappa shape index (κ2) is 6.72. The van der Waals surface area contributed by atoms with E-state index in [2.05, 4.69) is 17.6 Å². The summed E-state index contributed by atoms with van der Waals surface area (Å²) in [5.74, 6) is -0.151. The van der Waals surface area contributed by atoms with E-state index in [0.29, 0.717) is 18.7 Å². The number of hydrogen-bond donors (Lipinski definition) is 3. The van der Waals surface area contributed by atoms with Crippen molar-refractivity contribution in [2.24, 2.45) is 5.73 Å². The van der Waals surface area contributed by atoms with Crippen LogP contribution >= 0.6 is 0 Å². The first-order chi connectivity index (χ1) is 10.0. The van der Waals surface area contributed by atoms with Gasteiger partial charge in [-0.25, -0.2) is 0 Å². The summed E-state index contributed by atoms with van der Waals surface area (Å²) in [5, 5.41) is 5.70. The molecule has 2 amide bonds. The zero-order valence-electron chi connectivity index (χ0n) is 12.4. The zero-order chi connectivity index (χ0) is 15.3. The Kier molecular flexibility index (Phi) is 4.96. The molecule has 5 heteroatoms. The van der Waals surface area contributed by atoms with Crippen LogP contribution in [0.15, 0.2) is 24.3 Å². The molecule has 0 atom stereocenters. The quantitative estimate of drug-likeness (QED) is 0.662. The Hall–Kier alpha value is -1.88. The third kappa shape index (κ3) is 4.29. The van der Waals surface area contributed by atoms with E-state index < -0.39 is 5.54 Å². The van der Waals surface area contributed by atoms with Crippen molar-refractivity contribution in [3.8, 4) is 0 Å². The SMILES string of the molecule is CCCCNC(=O)c1ccc(CNC(=O)C2(N)CC2)cc1. The van der Waals surface area contributed by atoms with Crippen molar-refractivity contribution < 1.29 is 9.59 Å². The summed E-state index contributed by atoms with van der Waals surface area (Å²) in [7, 11) is 0. The van der Waals surface area contributed by atoms with Gasteiger partial charge in [0, 0.05) is 18.7 Å². The molecule has 0 unspecified atom stereocenters. The molecule has 5 nitrogen and oxygen atoms in total. The molecule has 21 heavy (non-hydrogen) atoms. The van der Waals surface area contributed by atoms with E-state index in [1.165, 1.54) is 0 Å². The Morgan fingerprint density at radius 2 is 1.86 bits per heavy atom. The highest BCUT2D eigenvalue weighted by Crippen LogP contribution is 2.32. The average molecular weight is 289 g/mol. The summed E-state index contributed by atoms with van der Waals surface area (Å²) < 4.78 is 0. The van der Waals surface area contributed by atoms with Crippen LogP contribution in [0.1, 0.15) is 48.5 Å². The van der Waals surface area contributed by atoms with Crippen LogP contribution in [-0.2, 0) is 11.3 Å². The maximum Gasteiger partial charge on any atom is 0.251 e. The number of nitrogens with two attached hydrogens (primary N) is 1. The molecule has 4 N–H and O–H groups in total. The van der Waals surface area contributed by atoms with Gasteiger partial charge in [0.05, 0.1) is 5.54 Å². The number of nitrogens with one attached hydrogen (secondary N) is 2. The van der Waals surface area contributed by atoms with E-state index in [1.54, 1.807) is 12.1 Å². The van der Waals surface area contributed by atoms with Crippen molar-refractivity contribution in [2.75, 3.05) is 6.54 Å². The summed E-state index contributed by atoms with van der Waals surface area (Å²) in [6.07, 6.45) is 3.56. The summed E-state index contributed by atoms with van der Waals surface area (Å²) >= 11 is 0. The topological polar surface area (TPSA) is 84.2 Å². The molecule has 0 radical (unpaired) electrons. The molecule has 0 bridgehead atoms. The van der Waals surface area contributed by atoms with Crippen molar-refractivity contribution in [2.45, 2.75) is 44.7 Å². The Bertz CT molecular complexity index is 507. The number of carbonyl (C=O) groups is 2. The van der Waals surface area contributed by atoms with Gasteiger partial charge in [0.2, 0.25) is 5.91 Å². The first-order valence-corrected chi connectivity index (χ1v) is 7.49. The first kappa shape index (κ1) is 15.5. The number of benzene rings is 1. The van der Waals surface area contributed by atoms with E-state index in [1.807, 2.05) is 12.1 Å². The number of rotatable bonds is 7. The molecule has 1 aliphatic carbocycles. The van der Waals surface area contributed by atoms with Crippen LogP contribution in [0, 0.1) is 0 Å². The lowest BCUT2D eigenvalue weighted by Gasteiger charge is -2.10. The van der Waals surface area contributed by atoms with Gasteiger partial charge in [-0.1, -0.05) is 25.5 Å². The number of carbonyl (C=O) groups excluding carboxylic acids is 2. The standard InChI is InChI=1S/C16H23N3O2/c1-2-3-10-18-14(20)13-6-4-12(5-7-13)11-19-15(21)16(17)8-9-16/h4-7H,2-3,8-11,17H2,1H3,(H,18,20)(H,19,21). The lowest BCUT2D eigenvalue weighted by molar-refractivity contribution is -0.123. The molecule has 2 rings (SSSR count). The molecule has 1 fully saturated rings. The summed E-state index contributed by atoms with van der Waals surface area (Å²) in [4.78, 5) is 23.6. The lowest BCUT2D eigenvalue weighted by Crippen LogP contribution is -2.42. The Labute approximate surface area is 125 Å². The van der Waals surface area contributed by atoms with E-state index in [9.17, 15) is 9.59 Å². The first-order valence-electron chi connectivity index (χ1n) is 7.49. The van der Waals surface area contributed by atoms with Crippen LogP contribution in [0.3, 0.4) is 0 Å². The van der Waals surface area contributed by atoms with E-state index in [-0.39, 0.29) is 11.8 Å². The zero-order valence-corrected chi connectivity index (χ0v) is 12.4. The van der Waals surface area contributed by atoms with Crippen LogP contribution in [-0.4, -0.2) is 23.9 Å². The highest BCUT2D eigenvalue weighted by molar-refractivity contribution is 5.94. The largest absolute Gasteiger partial charge is 0.352 e. The molecule has 0 heterocycles. The maximum absolute atomic E-state index is 11.8. The van der Waals surface area contributed by atoms with Crippen LogP contribution in [0.2, 0.25) is 0 Å². The van der Waals surface area contributed by atoms with Gasteiger partial charge in [0.25, 0.3) is 5.91 Å². The molecule has 0 saturated heterocycles. The lowest BCUT2D eigenvalue weighted by atomic mass is 10.1. The normalized spacial score (nSPS) is 15.3. The number of hydrogen-bond acceptors (Lipinski definition) is 3. The van der Waals surface area contributed by atoms with Gasteiger partial charge in [-0.05, 0) is 37.0 Å². The number of unbranched alkanes of at least 4 members (excludes halogenated alkanes) is 1. The van der Waals surface area contributed by atoms with Gasteiger partial charge in [-0.15, -0.1) is 0 Å². The molecule has 1 aromatic carbocycles. The third-order valence-electron chi connectivity index (χ3n) is 3.73. The van der Waals surface area contributed by atoms with Gasteiger partial charge in [-0.2, -0.15) is 0 Å². The monoisotopic (exact) mass is 289 g/mol. The molecule has 1 saturated carbocycles. The van der Waals surface area contributed by atoms with Gasteiger partial charge in [-0.3, -0.25) is 9.59 Å². The van der Waals surface area contributed by atoms with Gasteiger partial charge >= 0.3 is 0 Å². The minimum absolute atomic E-state index is 0.0575. The maximum atomic E-state index is 11.8. The van der Waals surface area contributed by atoms with Crippen LogP contribution in [0.4, 0.5) is 0 Å². The van der Waals surface area contributed by atoms with E-state index in [4.69, 9.17) is 5.73 Å². The molecule has 0 aliphatic heterocycles. The second-order valence-electron chi connectivity index (χ2n) is 5.65. The molecule has 0 spiro atoms. The summed E-state index contributed by atoms with van der Waals surface area (Å²) in [6, 6.07) is 7.26. The summed E-state index contributed by atoms with van der Waals surface area (Å²) in [6.45, 7) is 3.23. The van der Waals surface area contributed by atoms with Crippen molar-refractivity contribution >= 4 is 11.8 Å². The average Bonchev–Trinajstić information content (AvgIpc) is 3.24. The van der Waals surface area contributed by atoms with Crippen molar-refractivity contribution in [3.05, 3.63) is 35.4 Å². The van der Waals surface area contributed by atoms with Crippen molar-refractivity contribution in [3.63, 3.8) is 0 Å². The molecular weight excluding hydrogens is 266 g/mol. The Morgan fingerprint density at radius 1 is 1.19 bits per heavy atom. The Morgan fingerprint density at radius 3 is 2.43 bits per heavy atom. The Balaban J connectivity index is 1.81. The fourth-order valence-electron chi connectivity index (χ4n) is 1.97. The van der Waals surface area contributed by atoms with Crippen molar-refractivity contribution in [1.82, 2.24) is 10.6 Å². The van der Waals surface area contributed by atoms with Gasteiger partial charge in [0.15, 0.2) is 0 Å². The minimum atomic E-state index is -0.640. The van der Waals surface area contributed by atoms with Gasteiger partial charge < -0.3 is 16.4 Å². The van der Waals surface area contributed by atoms with Crippen molar-refractivity contribution in [1.29, 1.82) is 0 Å². The molecule has 0 aromatic heterocycles. The second-order valence-corrected chi connectivity index (χ2v) is 5.65. The summed E-state index contributed by atoms with van der Waals surface area (Å²) in [5.41, 5.74) is 6.77. The third-order valence-corrected chi connectivity index (χ3v) is 3.73. The fraction of sp³-hybridized carbons (Fsp3) is 0.500. The van der Waals surface area contributed by atoms with E-state index >= 15 is 0 Å².